The monoisotopic (exact) mass is 118 g/mol. The van der Waals surface area contributed by atoms with Crippen LogP contribution in [-0.2, 0) is 4.18 Å². The van der Waals surface area contributed by atoms with Crippen LogP contribution in [0.15, 0.2) is 12.8 Å². The second kappa shape index (κ2) is 5.89. The molecule has 0 spiro atoms. The van der Waals surface area contributed by atoms with Gasteiger partial charge in [0, 0.05) is 5.75 Å². The summed E-state index contributed by atoms with van der Waals surface area (Å²) in [5, 5.41) is 0. The smallest absolute Gasteiger partial charge is 0.0938 e. The molecule has 42 valence electrons. The molecule has 0 amide bonds. The van der Waals surface area contributed by atoms with E-state index in [0.29, 0.717) is 0 Å². The van der Waals surface area contributed by atoms with Gasteiger partial charge in [-0.25, -0.2) is 0 Å². The van der Waals surface area contributed by atoms with Crippen LogP contribution in [0.3, 0.4) is 0 Å². The summed E-state index contributed by atoms with van der Waals surface area (Å²) in [7, 11) is 0. The molecule has 1 nitrogen and oxygen atoms in total. The van der Waals surface area contributed by atoms with Gasteiger partial charge in [-0.3, -0.25) is 0 Å². The topological polar surface area (TPSA) is 9.23 Å². The number of hydrogen-bond donors (Lipinski definition) is 0. The average molecular weight is 118 g/mol. The molecular weight excluding hydrogens is 108 g/mol. The molecule has 0 unspecified atom stereocenters. The molecular formula is C5H10OS. The van der Waals surface area contributed by atoms with Crippen LogP contribution in [0.4, 0.5) is 0 Å². The van der Waals surface area contributed by atoms with E-state index in [4.69, 9.17) is 4.18 Å². The highest BCUT2D eigenvalue weighted by atomic mass is 32.2. The maximum atomic E-state index is 4.75. The van der Waals surface area contributed by atoms with E-state index in [1.807, 2.05) is 0 Å². The zero-order valence-corrected chi connectivity index (χ0v) is 5.33. The van der Waals surface area contributed by atoms with E-state index < -0.39 is 0 Å². The van der Waals surface area contributed by atoms with Crippen molar-refractivity contribution in [1.82, 2.24) is 0 Å². The third-order valence-corrected chi connectivity index (χ3v) is 1.27. The van der Waals surface area contributed by atoms with Gasteiger partial charge in [0.1, 0.15) is 0 Å². The molecule has 7 heavy (non-hydrogen) atoms. The van der Waals surface area contributed by atoms with E-state index >= 15 is 0 Å². The van der Waals surface area contributed by atoms with Gasteiger partial charge in [-0.1, -0.05) is 13.5 Å². The van der Waals surface area contributed by atoms with Crippen molar-refractivity contribution in [2.45, 2.75) is 13.3 Å². The lowest BCUT2D eigenvalue weighted by molar-refractivity contribution is 0.568. The molecule has 2 heteroatoms. The Morgan fingerprint density at radius 1 is 1.86 bits per heavy atom. The van der Waals surface area contributed by atoms with Crippen LogP contribution < -0.4 is 0 Å². The Morgan fingerprint density at radius 3 is 3.00 bits per heavy atom. The van der Waals surface area contributed by atoms with Gasteiger partial charge in [0.25, 0.3) is 0 Å². The van der Waals surface area contributed by atoms with Crippen molar-refractivity contribution in [2.75, 3.05) is 5.75 Å². The lowest BCUT2D eigenvalue weighted by Gasteiger charge is -1.91. The van der Waals surface area contributed by atoms with Crippen molar-refractivity contribution < 1.29 is 4.18 Å². The van der Waals surface area contributed by atoms with Crippen LogP contribution in [0.2, 0.25) is 0 Å². The molecule has 0 heterocycles. The highest BCUT2D eigenvalue weighted by Gasteiger charge is 1.77. The minimum Gasteiger partial charge on any atom is -0.434 e. The Labute approximate surface area is 49.0 Å². The summed E-state index contributed by atoms with van der Waals surface area (Å²) in [6.45, 7) is 5.50. The van der Waals surface area contributed by atoms with Gasteiger partial charge in [0.05, 0.1) is 18.3 Å². The summed E-state index contributed by atoms with van der Waals surface area (Å²) >= 11 is 1.44. The fraction of sp³-hybridized carbons (Fsp3) is 0.600. The highest BCUT2D eigenvalue weighted by Crippen LogP contribution is 2.02. The molecule has 0 saturated carbocycles. The molecule has 0 aromatic heterocycles. The van der Waals surface area contributed by atoms with Crippen LogP contribution in [0.25, 0.3) is 0 Å². The van der Waals surface area contributed by atoms with Crippen molar-refractivity contribution in [2.24, 2.45) is 0 Å². The first-order valence-corrected chi connectivity index (χ1v) is 3.22. The van der Waals surface area contributed by atoms with Crippen LogP contribution in [0.1, 0.15) is 13.3 Å². The van der Waals surface area contributed by atoms with Crippen LogP contribution >= 0.6 is 12.0 Å². The Hall–Kier alpha value is -0.110. The quantitative estimate of drug-likeness (QED) is 0.318. The predicted molar refractivity (Wildman–Crippen MR) is 34.0 cm³/mol. The summed E-state index contributed by atoms with van der Waals surface area (Å²) in [6, 6.07) is 0. The van der Waals surface area contributed by atoms with E-state index in [1.165, 1.54) is 18.3 Å². The highest BCUT2D eigenvalue weighted by molar-refractivity contribution is 7.94. The Morgan fingerprint density at radius 2 is 2.57 bits per heavy atom. The molecule has 0 aliphatic rings. The summed E-state index contributed by atoms with van der Waals surface area (Å²) in [5.74, 6) is 1.05. The lowest BCUT2D eigenvalue weighted by Crippen LogP contribution is -1.70. The predicted octanol–water partition coefficient (Wildman–Crippen LogP) is 2.20. The molecule has 0 N–H and O–H groups in total. The molecule has 0 aromatic rings. The Bertz CT molecular complexity index is 45.3. The van der Waals surface area contributed by atoms with E-state index in [2.05, 4.69) is 13.5 Å². The van der Waals surface area contributed by atoms with Crippen molar-refractivity contribution in [3.05, 3.63) is 12.8 Å². The van der Waals surface area contributed by atoms with Gasteiger partial charge < -0.3 is 4.18 Å². The second-order valence-corrected chi connectivity index (χ2v) is 1.92. The number of hydrogen-bond acceptors (Lipinski definition) is 2. The largest absolute Gasteiger partial charge is 0.434 e. The second-order valence-electron chi connectivity index (χ2n) is 1.08. The molecule has 0 aromatic carbocycles. The van der Waals surface area contributed by atoms with Crippen LogP contribution in [-0.4, -0.2) is 5.75 Å². The van der Waals surface area contributed by atoms with Crippen molar-refractivity contribution in [3.8, 4) is 0 Å². The first-order valence-electron chi connectivity index (χ1n) is 2.31. The molecule has 0 fully saturated rings. The maximum Gasteiger partial charge on any atom is 0.0938 e. The summed E-state index contributed by atoms with van der Waals surface area (Å²) < 4.78 is 4.75. The Kier molecular flexibility index (Phi) is 5.80. The summed E-state index contributed by atoms with van der Waals surface area (Å²) in [4.78, 5) is 0. The normalized spacial score (nSPS) is 8.14. The van der Waals surface area contributed by atoms with E-state index in [-0.39, 0.29) is 0 Å². The third kappa shape index (κ3) is 5.89. The van der Waals surface area contributed by atoms with Crippen LogP contribution in [0, 0.1) is 0 Å². The van der Waals surface area contributed by atoms with E-state index in [1.54, 1.807) is 0 Å². The van der Waals surface area contributed by atoms with Gasteiger partial charge in [-0.15, -0.1) is 0 Å². The number of rotatable bonds is 4. The minimum atomic E-state index is 1.05. The van der Waals surface area contributed by atoms with Gasteiger partial charge in [0.15, 0.2) is 0 Å². The average Bonchev–Trinajstić information content (AvgIpc) is 1.69. The fourth-order valence-corrected chi connectivity index (χ4v) is 0.539. The Balaban J connectivity index is 2.56. The third-order valence-electron chi connectivity index (χ3n) is 0.424. The standard InChI is InChI=1S/C5H10OS/c1-3-5-7-6-4-2/h4H,2-3,5H2,1H3. The fourth-order valence-electron chi connectivity index (χ4n) is 0.180. The van der Waals surface area contributed by atoms with Gasteiger partial charge in [0.2, 0.25) is 0 Å². The molecule has 0 radical (unpaired) electrons. The molecule has 0 rings (SSSR count). The SMILES string of the molecule is C=COSCCC. The molecule has 0 atom stereocenters. The van der Waals surface area contributed by atoms with E-state index in [9.17, 15) is 0 Å². The minimum absolute atomic E-state index is 1.05. The maximum absolute atomic E-state index is 4.75. The zero-order valence-electron chi connectivity index (χ0n) is 4.52. The van der Waals surface area contributed by atoms with Crippen molar-refractivity contribution in [1.29, 1.82) is 0 Å². The van der Waals surface area contributed by atoms with Crippen molar-refractivity contribution >= 4 is 12.0 Å². The lowest BCUT2D eigenvalue weighted by atomic mass is 10.6. The van der Waals surface area contributed by atoms with Crippen LogP contribution in [0.5, 0.6) is 0 Å². The molecule has 0 saturated heterocycles. The summed E-state index contributed by atoms with van der Waals surface area (Å²) in [5.41, 5.74) is 0. The van der Waals surface area contributed by atoms with Gasteiger partial charge in [-0.2, -0.15) is 0 Å². The zero-order chi connectivity index (χ0) is 5.54. The van der Waals surface area contributed by atoms with Gasteiger partial charge in [-0.05, 0) is 6.42 Å². The molecule has 0 aliphatic heterocycles. The van der Waals surface area contributed by atoms with Crippen molar-refractivity contribution in [3.63, 3.8) is 0 Å². The first-order chi connectivity index (χ1) is 3.41. The van der Waals surface area contributed by atoms with E-state index in [0.717, 1.165) is 12.2 Å². The molecule has 0 aliphatic carbocycles. The molecule has 0 bridgehead atoms. The van der Waals surface area contributed by atoms with Gasteiger partial charge >= 0.3 is 0 Å². The summed E-state index contributed by atoms with van der Waals surface area (Å²) in [6.07, 6.45) is 2.60. The first kappa shape index (κ1) is 6.89.